The molecule has 794 valence electrons. The summed E-state index contributed by atoms with van der Waals surface area (Å²) in [7, 11) is 0. The van der Waals surface area contributed by atoms with Crippen LogP contribution in [0, 0.1) is 47.3 Å². The second-order valence-electron chi connectivity index (χ2n) is 38.8. The van der Waals surface area contributed by atoms with Gasteiger partial charge in [-0.2, -0.15) is 0 Å². The molecule has 46 heteroatoms. The molecule has 0 aliphatic carbocycles. The fourth-order valence-electron chi connectivity index (χ4n) is 15.4. The maximum atomic E-state index is 14.7. The largest absolute Gasteiger partial charge is 0.458 e. The third-order valence-electron chi connectivity index (χ3n) is 23.3. The number of carbonyl (C=O) groups is 20. The molecule has 19 amide bonds. The fourth-order valence-corrected chi connectivity index (χ4v) is 15.4. The lowest BCUT2D eigenvalue weighted by atomic mass is 9.97. The second-order valence-corrected chi connectivity index (χ2v) is 38.8. The Morgan fingerprint density at radius 2 is 0.871 bits per heavy atom. The van der Waals surface area contributed by atoms with Crippen molar-refractivity contribution in [3.63, 3.8) is 0 Å². The highest BCUT2D eigenvalue weighted by Crippen LogP contribution is 2.23. The Kier molecular flexibility index (Phi) is 56.5. The normalized spacial score (nSPS) is 19.9. The Bertz CT molecular complexity index is 4220. The first-order valence-corrected chi connectivity index (χ1v) is 48.9. The van der Waals surface area contributed by atoms with Gasteiger partial charge >= 0.3 is 5.97 Å². The molecule has 2 aliphatic rings. The molecule has 0 aromatic heterocycles. The van der Waals surface area contributed by atoms with Crippen LogP contribution in [-0.2, 0) is 101 Å². The number of ether oxygens (including phenoxy) is 1. The van der Waals surface area contributed by atoms with E-state index in [0.717, 1.165) is 18.9 Å². The number of unbranched alkanes of at least 4 members (excludes halogenated alkanes) is 3. The Labute approximate surface area is 821 Å². The molecule has 0 radical (unpaired) electrons. The molecule has 0 spiro atoms. The molecule has 0 aromatic rings. The minimum absolute atomic E-state index is 0.0437. The number of aliphatic hydroxyl groups excluding tert-OH is 4. The van der Waals surface area contributed by atoms with Gasteiger partial charge in [0.1, 0.15) is 114 Å². The highest BCUT2D eigenvalue weighted by Gasteiger charge is 2.44. The van der Waals surface area contributed by atoms with E-state index in [4.69, 9.17) is 21.9 Å². The molecule has 2 rings (SSSR count). The number of hydrogen-bond donors (Lipinski definition) is 24. The van der Waals surface area contributed by atoms with Crippen molar-refractivity contribution in [3.8, 4) is 0 Å². The van der Waals surface area contributed by atoms with E-state index in [1.807, 2.05) is 6.92 Å². The van der Waals surface area contributed by atoms with Crippen LogP contribution in [0.3, 0.4) is 0 Å². The topological polar surface area (TPSA) is 717 Å². The first-order valence-electron chi connectivity index (χ1n) is 48.9. The number of esters is 1. The summed E-state index contributed by atoms with van der Waals surface area (Å²) < 4.78 is 5.83. The van der Waals surface area contributed by atoms with Crippen molar-refractivity contribution >= 4 is 118 Å². The second kappa shape index (κ2) is 63.4. The Morgan fingerprint density at radius 3 is 1.30 bits per heavy atom. The number of hydrogen-bond acceptors (Lipinski definition) is 27. The van der Waals surface area contributed by atoms with Crippen molar-refractivity contribution in [2.24, 2.45) is 64.5 Å². The third kappa shape index (κ3) is 43.0. The number of amides is 19. The zero-order chi connectivity index (χ0) is 106. The Hall–Kier alpha value is -11.4. The molecular formula is C94H163N21O25. The van der Waals surface area contributed by atoms with Gasteiger partial charge in [-0.15, -0.1) is 0 Å². The summed E-state index contributed by atoms with van der Waals surface area (Å²) in [5.74, 6) is -23.3. The quantitative estimate of drug-likeness (QED) is 0.0159. The van der Waals surface area contributed by atoms with Crippen LogP contribution in [0.5, 0.6) is 0 Å². The van der Waals surface area contributed by atoms with Crippen LogP contribution >= 0.6 is 0 Å². The Morgan fingerprint density at radius 1 is 0.457 bits per heavy atom. The molecule has 0 saturated carbocycles. The van der Waals surface area contributed by atoms with E-state index in [1.54, 1.807) is 111 Å². The van der Waals surface area contributed by atoms with Gasteiger partial charge < -0.3 is 138 Å². The van der Waals surface area contributed by atoms with Gasteiger partial charge in [-0.1, -0.05) is 149 Å². The van der Waals surface area contributed by atoms with Crippen molar-refractivity contribution in [2.75, 3.05) is 39.5 Å². The average Bonchev–Trinajstić information content (AvgIpc) is 1.68. The van der Waals surface area contributed by atoms with Crippen molar-refractivity contribution in [3.05, 3.63) is 23.5 Å². The molecule has 2 aliphatic heterocycles. The monoisotopic (exact) mass is 1990 g/mol. The van der Waals surface area contributed by atoms with Gasteiger partial charge in [0.2, 0.25) is 100 Å². The summed E-state index contributed by atoms with van der Waals surface area (Å²) in [4.78, 5) is 284. The van der Waals surface area contributed by atoms with Gasteiger partial charge in [-0.05, 0) is 165 Å². The lowest BCUT2D eigenvalue weighted by Gasteiger charge is -2.31. The molecule has 0 aromatic carbocycles. The number of allylic oxidation sites excluding steroid dienone is 2. The van der Waals surface area contributed by atoms with Crippen LogP contribution in [-0.4, -0.2) is 292 Å². The van der Waals surface area contributed by atoms with E-state index in [-0.39, 0.29) is 113 Å². The van der Waals surface area contributed by atoms with Crippen molar-refractivity contribution in [1.82, 2.24) is 95.3 Å². The van der Waals surface area contributed by atoms with Crippen LogP contribution in [0.2, 0.25) is 0 Å². The molecule has 27 N–H and O–H groups in total. The average molecular weight is 1990 g/mol. The predicted molar refractivity (Wildman–Crippen MR) is 516 cm³/mol. The zero-order valence-electron chi connectivity index (χ0n) is 85.2. The SMILES string of the molecule is C/C=C(\NC(=O)[C@@H](NC(=O)[C@H](CC(C)C)NC(=O)[C@H](CCC(N)=O)NC(=O)[C@@H](NC(=O)[C@@H](NC(=O)[C@H](CC(C)C)NC(=O)[C@H](CO)NC(=O)[C@@H](NC(=O)[C@H](CC(C)C)NC(=O)[C@H](CO)NC(=O)[C@@H]1CCCN1C(=O)/C(=C/C)NC(=O)CC(O)CCCCC)C(C)C)C(C)C)C(C)C)C(C)C)C(=O)NC1C(=O)N[C@@H](CC(C)C)C(=O)N[C@@H](CCO)C(=O)N[C@@H](CCN)C(=O)N[C@@H](CCCCN)C(=O)O[C@@H]1C. The maximum absolute atomic E-state index is 14.7. The predicted octanol–water partition coefficient (Wildman–Crippen LogP) is -3.52. The van der Waals surface area contributed by atoms with E-state index < -0.39 is 289 Å². The van der Waals surface area contributed by atoms with Crippen molar-refractivity contribution in [2.45, 2.75) is 363 Å². The van der Waals surface area contributed by atoms with E-state index in [9.17, 15) is 116 Å². The minimum Gasteiger partial charge on any atom is -0.458 e. The van der Waals surface area contributed by atoms with E-state index in [2.05, 4.69) is 90.4 Å². The molecule has 2 saturated heterocycles. The summed E-state index contributed by atoms with van der Waals surface area (Å²) in [6, 6.07) is -24.2. The van der Waals surface area contributed by atoms with Gasteiger partial charge in [-0.3, -0.25) is 91.1 Å². The molecule has 46 nitrogen and oxygen atoms in total. The van der Waals surface area contributed by atoms with Gasteiger partial charge in [0, 0.05) is 19.6 Å². The summed E-state index contributed by atoms with van der Waals surface area (Å²) in [6.07, 6.45) is 1.95. The molecule has 2 heterocycles. The van der Waals surface area contributed by atoms with E-state index in [0.29, 0.717) is 25.7 Å². The number of nitrogens with zero attached hydrogens (tertiary/aromatic N) is 1. The molecule has 2 unspecified atom stereocenters. The van der Waals surface area contributed by atoms with E-state index >= 15 is 0 Å². The van der Waals surface area contributed by atoms with Gasteiger partial charge in [0.05, 0.1) is 25.7 Å². The molecular weight excluding hydrogens is 1820 g/mol. The molecule has 2 fully saturated rings. The number of primary amides is 1. The molecule has 18 atom stereocenters. The number of cyclic esters (lactones) is 1. The smallest absolute Gasteiger partial charge is 0.328 e. The van der Waals surface area contributed by atoms with E-state index in [1.165, 1.54) is 31.7 Å². The first-order chi connectivity index (χ1) is 65.7. The molecule has 0 bridgehead atoms. The van der Waals surface area contributed by atoms with Crippen LogP contribution in [0.25, 0.3) is 0 Å². The summed E-state index contributed by atoms with van der Waals surface area (Å²) >= 11 is 0. The summed E-state index contributed by atoms with van der Waals surface area (Å²) in [5.41, 5.74) is 16.5. The number of aliphatic hydroxyl groups is 4. The van der Waals surface area contributed by atoms with Gasteiger partial charge in [-0.25, -0.2) is 4.79 Å². The van der Waals surface area contributed by atoms with Crippen LogP contribution in [0.1, 0.15) is 254 Å². The number of carbonyl (C=O) groups excluding carboxylic acids is 20. The van der Waals surface area contributed by atoms with Crippen molar-refractivity contribution in [1.29, 1.82) is 0 Å². The van der Waals surface area contributed by atoms with Gasteiger partial charge in [0.15, 0.2) is 0 Å². The fraction of sp³-hybridized carbons (Fsp3) is 0.745. The van der Waals surface area contributed by atoms with Crippen LogP contribution in [0.4, 0.5) is 0 Å². The maximum Gasteiger partial charge on any atom is 0.328 e. The lowest BCUT2D eigenvalue weighted by molar-refractivity contribution is -0.156. The zero-order valence-corrected chi connectivity index (χ0v) is 85.2. The highest BCUT2D eigenvalue weighted by molar-refractivity contribution is 6.05. The number of likely N-dealkylation sites (tertiary alicyclic amines) is 1. The van der Waals surface area contributed by atoms with Gasteiger partial charge in [0.25, 0.3) is 11.8 Å². The number of nitrogens with two attached hydrogens (primary N) is 3. The summed E-state index contributed by atoms with van der Waals surface area (Å²) in [5, 5.41) is 84.9. The summed E-state index contributed by atoms with van der Waals surface area (Å²) in [6.45, 7) is 29.8. The molecule has 140 heavy (non-hydrogen) atoms. The Balaban J connectivity index is 2.45. The highest BCUT2D eigenvalue weighted by atomic mass is 16.5. The van der Waals surface area contributed by atoms with Crippen LogP contribution in [0.15, 0.2) is 23.5 Å². The van der Waals surface area contributed by atoms with Crippen molar-refractivity contribution < 1.29 is 121 Å². The standard InChI is InChI=1S/C94H163N21O25/c1-21-24-25-29-56(119)44-71(121)98-58(23-3)93(138)115-38-28-31-69(115)87(132)108-67(45-117)85(130)105-65(42-49(8)9)83(128)111-73(52(14)15)90(135)109-68(46-118)86(131)106-66(43-50(10)11)84(129)112-75(54(18)19)91(136)113-74(53(16)17)89(134)102-59(32-33-70(97)120)78(123)104-64(41-48(6)7)82(127)110-72(51(12)13)88(133)99-57(22-2)77(122)114-76-55(20)140-94(139)62(30-26-27-36-95)103-79(124)60(34-37-96)100-80(125)61(35-39-116)101-81(126)63(40-47(4)5)107-92(76)137/h22-23,47-56,59-69,72-76,116-119H,21,24-46,95-96H2,1-20H3,(H2,97,120)(H,98,121)(H,99,133)(H,100,125)(H,101,126)(H,102,134)(H,103,124)(H,104,123)(H,105,130)(H,106,131)(H,107,137)(H,108,132)(H,109,135)(H,110,127)(H,111,128)(H,112,129)(H,113,136)(H,114,122)/b57-22-,58-23-/t55-,56?,59+,60+,61+,62+,63+,64+,65+,66+,67+,68+,69+,72+,73+,74+,75+,76?/m1/s1. The van der Waals surface area contributed by atoms with Crippen LogP contribution < -0.4 is 108 Å². The number of nitrogens with one attached hydrogen (secondary N) is 17. The first kappa shape index (κ1) is 125. The third-order valence-corrected chi connectivity index (χ3v) is 23.3. The number of rotatable bonds is 57. The minimum atomic E-state index is -1.89. The lowest BCUT2D eigenvalue weighted by Crippen LogP contribution is -2.62.